The second-order valence-electron chi connectivity index (χ2n) is 5.64. The zero-order valence-corrected chi connectivity index (χ0v) is 14.0. The van der Waals surface area contributed by atoms with Crippen LogP contribution in [0.25, 0.3) is 16.8 Å². The van der Waals surface area contributed by atoms with E-state index in [1.165, 1.54) is 17.0 Å². The largest absolute Gasteiger partial charge is 0.497 e. The number of carbonyl (C=O) groups is 1. The van der Waals surface area contributed by atoms with Gasteiger partial charge in [0.1, 0.15) is 11.4 Å². The predicted octanol–water partition coefficient (Wildman–Crippen LogP) is 1.24. The third-order valence-electron chi connectivity index (χ3n) is 3.92. The van der Waals surface area contributed by atoms with Gasteiger partial charge in [0, 0.05) is 25.5 Å². The number of imidazole rings is 1. The van der Waals surface area contributed by atoms with Gasteiger partial charge in [0.15, 0.2) is 0 Å². The van der Waals surface area contributed by atoms with Crippen molar-refractivity contribution in [2.45, 2.75) is 0 Å². The Kier molecular flexibility index (Phi) is 3.61. The van der Waals surface area contributed by atoms with Crippen molar-refractivity contribution in [1.29, 1.82) is 0 Å². The summed E-state index contributed by atoms with van der Waals surface area (Å²) in [6, 6.07) is 7.12. The van der Waals surface area contributed by atoms with Crippen LogP contribution in [0.2, 0.25) is 0 Å². The number of amides is 1. The smallest absolute Gasteiger partial charge is 0.347 e. The van der Waals surface area contributed by atoms with Gasteiger partial charge in [-0.1, -0.05) is 0 Å². The molecule has 0 radical (unpaired) electrons. The monoisotopic (exact) mass is 350 g/mol. The zero-order valence-electron chi connectivity index (χ0n) is 14.0. The van der Waals surface area contributed by atoms with Gasteiger partial charge in [-0.15, -0.1) is 0 Å². The topological polar surface area (TPSA) is 103 Å². The number of fused-ring (bicyclic) bond motifs is 3. The van der Waals surface area contributed by atoms with Crippen LogP contribution in [0.1, 0.15) is 10.5 Å². The number of aryl methyl sites for hydroxylation is 1. The number of ether oxygens (including phenoxy) is 1. The minimum Gasteiger partial charge on any atom is -0.497 e. The fourth-order valence-corrected chi connectivity index (χ4v) is 2.61. The minimum absolute atomic E-state index is 0.202. The van der Waals surface area contributed by atoms with Gasteiger partial charge in [0.05, 0.1) is 30.0 Å². The highest BCUT2D eigenvalue weighted by molar-refractivity contribution is 6.03. The van der Waals surface area contributed by atoms with E-state index in [1.54, 1.807) is 36.9 Å². The molecule has 1 aromatic carbocycles. The van der Waals surface area contributed by atoms with Crippen molar-refractivity contribution in [2.24, 2.45) is 7.05 Å². The SMILES string of the molecule is COc1ccc2c(c1)nc1nc(C(=O)Nc3cnc(=O)n(C)c3)ccn12. The molecule has 130 valence electrons. The number of nitrogens with zero attached hydrogens (tertiary/aromatic N) is 5. The van der Waals surface area contributed by atoms with E-state index < -0.39 is 11.6 Å². The van der Waals surface area contributed by atoms with Gasteiger partial charge in [-0.05, 0) is 18.2 Å². The summed E-state index contributed by atoms with van der Waals surface area (Å²) in [4.78, 5) is 36.1. The Morgan fingerprint density at radius 1 is 1.23 bits per heavy atom. The maximum Gasteiger partial charge on any atom is 0.347 e. The molecule has 4 rings (SSSR count). The fourth-order valence-electron chi connectivity index (χ4n) is 2.61. The molecule has 0 aliphatic heterocycles. The van der Waals surface area contributed by atoms with Crippen LogP contribution < -0.4 is 15.7 Å². The van der Waals surface area contributed by atoms with E-state index in [0.717, 1.165) is 11.0 Å². The molecule has 0 atom stereocenters. The van der Waals surface area contributed by atoms with E-state index in [9.17, 15) is 9.59 Å². The van der Waals surface area contributed by atoms with Crippen LogP contribution in [0, 0.1) is 0 Å². The Balaban J connectivity index is 1.69. The first-order chi connectivity index (χ1) is 12.5. The minimum atomic E-state index is -0.419. The van der Waals surface area contributed by atoms with Gasteiger partial charge < -0.3 is 14.6 Å². The molecule has 0 aliphatic rings. The lowest BCUT2D eigenvalue weighted by Crippen LogP contribution is -2.21. The van der Waals surface area contributed by atoms with E-state index in [-0.39, 0.29) is 5.69 Å². The highest BCUT2D eigenvalue weighted by Gasteiger charge is 2.12. The van der Waals surface area contributed by atoms with E-state index >= 15 is 0 Å². The number of aromatic nitrogens is 5. The summed E-state index contributed by atoms with van der Waals surface area (Å²) in [7, 11) is 3.14. The van der Waals surface area contributed by atoms with Crippen LogP contribution in [0.4, 0.5) is 5.69 Å². The van der Waals surface area contributed by atoms with Crippen molar-refractivity contribution in [1.82, 2.24) is 23.9 Å². The number of hydrogen-bond donors (Lipinski definition) is 1. The Bertz CT molecular complexity index is 1210. The van der Waals surface area contributed by atoms with Gasteiger partial charge in [0.2, 0.25) is 5.78 Å². The number of carbonyl (C=O) groups excluding carboxylic acids is 1. The van der Waals surface area contributed by atoms with Crippen molar-refractivity contribution in [3.63, 3.8) is 0 Å². The summed E-state index contributed by atoms with van der Waals surface area (Å²) in [5.74, 6) is 0.679. The summed E-state index contributed by atoms with van der Waals surface area (Å²) in [6.45, 7) is 0. The maximum absolute atomic E-state index is 12.4. The molecule has 3 heterocycles. The van der Waals surface area contributed by atoms with Crippen molar-refractivity contribution < 1.29 is 9.53 Å². The van der Waals surface area contributed by atoms with Crippen molar-refractivity contribution in [2.75, 3.05) is 12.4 Å². The molecule has 0 bridgehead atoms. The van der Waals surface area contributed by atoms with Crippen molar-refractivity contribution >= 4 is 28.4 Å². The molecule has 9 heteroatoms. The predicted molar refractivity (Wildman–Crippen MR) is 94.5 cm³/mol. The first kappa shape index (κ1) is 15.8. The maximum atomic E-state index is 12.4. The van der Waals surface area contributed by atoms with Crippen molar-refractivity contribution in [3.05, 3.63) is 59.0 Å². The van der Waals surface area contributed by atoms with Crippen LogP contribution in [0.3, 0.4) is 0 Å². The normalized spacial score (nSPS) is 11.0. The summed E-state index contributed by atoms with van der Waals surface area (Å²) in [5.41, 5.74) is 1.78. The molecule has 0 saturated heterocycles. The Morgan fingerprint density at radius 2 is 2.08 bits per heavy atom. The number of anilines is 1. The molecular weight excluding hydrogens is 336 g/mol. The van der Waals surface area contributed by atoms with E-state index in [0.29, 0.717) is 17.2 Å². The van der Waals surface area contributed by atoms with Crippen LogP contribution in [0.5, 0.6) is 5.75 Å². The Morgan fingerprint density at radius 3 is 2.85 bits per heavy atom. The number of methoxy groups -OCH3 is 1. The van der Waals surface area contributed by atoms with Gasteiger partial charge in [0.25, 0.3) is 5.91 Å². The molecule has 0 aliphatic carbocycles. The van der Waals surface area contributed by atoms with Crippen LogP contribution in [-0.2, 0) is 7.05 Å². The summed E-state index contributed by atoms with van der Waals surface area (Å²) in [6.07, 6.45) is 4.52. The first-order valence-corrected chi connectivity index (χ1v) is 7.72. The summed E-state index contributed by atoms with van der Waals surface area (Å²) < 4.78 is 8.27. The van der Waals surface area contributed by atoms with Crippen molar-refractivity contribution in [3.8, 4) is 5.75 Å². The molecule has 0 spiro atoms. The third kappa shape index (κ3) is 2.65. The highest BCUT2D eigenvalue weighted by atomic mass is 16.5. The molecule has 0 unspecified atom stereocenters. The average Bonchev–Trinajstić information content (AvgIpc) is 3.01. The van der Waals surface area contributed by atoms with Crippen LogP contribution in [0.15, 0.2) is 47.7 Å². The van der Waals surface area contributed by atoms with Gasteiger partial charge >= 0.3 is 5.69 Å². The Hall–Kier alpha value is -3.75. The fraction of sp³-hybridized carbons (Fsp3) is 0.118. The molecule has 1 N–H and O–H groups in total. The number of nitrogens with one attached hydrogen (secondary N) is 1. The van der Waals surface area contributed by atoms with Crippen LogP contribution >= 0.6 is 0 Å². The molecule has 1 amide bonds. The number of hydrogen-bond acceptors (Lipinski definition) is 6. The van der Waals surface area contributed by atoms with Gasteiger partial charge in [-0.25, -0.2) is 14.8 Å². The summed E-state index contributed by atoms with van der Waals surface area (Å²) in [5, 5.41) is 2.66. The number of benzene rings is 1. The number of rotatable bonds is 3. The second kappa shape index (κ2) is 5.96. The lowest BCUT2D eigenvalue weighted by atomic mass is 10.3. The quantitative estimate of drug-likeness (QED) is 0.596. The molecule has 26 heavy (non-hydrogen) atoms. The van der Waals surface area contributed by atoms with E-state index in [1.807, 2.05) is 12.1 Å². The molecule has 9 nitrogen and oxygen atoms in total. The lowest BCUT2D eigenvalue weighted by molar-refractivity contribution is 0.102. The zero-order chi connectivity index (χ0) is 18.3. The van der Waals surface area contributed by atoms with E-state index in [2.05, 4.69) is 20.3 Å². The second-order valence-corrected chi connectivity index (χ2v) is 5.64. The standard InChI is InChI=1S/C17H14N6O3/c1-22-9-10(8-18-17(22)25)19-15(24)12-5-6-23-14-4-3-11(26-2)7-13(14)21-16(23)20-12/h3-9H,1-2H3,(H,19,24). The average molecular weight is 350 g/mol. The molecular formula is C17H14N6O3. The molecule has 0 fully saturated rings. The lowest BCUT2D eigenvalue weighted by Gasteiger charge is -2.05. The summed E-state index contributed by atoms with van der Waals surface area (Å²) >= 11 is 0. The van der Waals surface area contributed by atoms with Crippen LogP contribution in [-0.4, -0.2) is 36.9 Å². The Labute approximate surface area is 146 Å². The first-order valence-electron chi connectivity index (χ1n) is 7.72. The van der Waals surface area contributed by atoms with E-state index in [4.69, 9.17) is 4.74 Å². The third-order valence-corrected chi connectivity index (χ3v) is 3.92. The van der Waals surface area contributed by atoms with Gasteiger partial charge in [-0.3, -0.25) is 9.20 Å². The highest BCUT2D eigenvalue weighted by Crippen LogP contribution is 2.21. The molecule has 3 aromatic heterocycles. The molecule has 4 aromatic rings. The van der Waals surface area contributed by atoms with Gasteiger partial charge in [-0.2, -0.15) is 4.98 Å². The molecule has 0 saturated carbocycles.